The molecule has 3 atom stereocenters. The van der Waals surface area contributed by atoms with Gasteiger partial charge in [-0.05, 0) is 30.6 Å². The Morgan fingerprint density at radius 1 is 1.46 bits per heavy atom. The first-order valence-electron chi connectivity index (χ1n) is 4.83. The zero-order valence-electron chi connectivity index (χ0n) is 8.08. The van der Waals surface area contributed by atoms with Gasteiger partial charge in [-0.1, -0.05) is 13.8 Å². The minimum atomic E-state index is -0.825. The third-order valence-corrected chi connectivity index (χ3v) is 4.26. The molecule has 2 N–H and O–H groups in total. The summed E-state index contributed by atoms with van der Waals surface area (Å²) in [6.07, 6.45) is 1.60. The molecule has 0 unspecified atom stereocenters. The van der Waals surface area contributed by atoms with Gasteiger partial charge in [0.1, 0.15) is 0 Å². The predicted octanol–water partition coefficient (Wildman–Crippen LogP) is 1.26. The minimum Gasteiger partial charge on any atom is -0.481 e. The van der Waals surface area contributed by atoms with E-state index < -0.39 is 17.5 Å². The average molecular weight is 184 g/mol. The highest BCUT2D eigenvalue weighted by atomic mass is 16.4. The number of carbonyl (C=O) groups is 1. The number of rotatable bonds is 1. The van der Waals surface area contributed by atoms with E-state index in [2.05, 4.69) is 0 Å². The number of aliphatic carboxylic acids is 1. The van der Waals surface area contributed by atoms with Crippen LogP contribution in [0.4, 0.5) is 0 Å². The monoisotopic (exact) mass is 184 g/mol. The van der Waals surface area contributed by atoms with Crippen molar-refractivity contribution in [2.45, 2.75) is 39.2 Å². The zero-order valence-corrected chi connectivity index (χ0v) is 8.08. The highest BCUT2D eigenvalue weighted by Crippen LogP contribution is 2.62. The molecule has 2 bridgehead atoms. The number of carboxylic acids is 1. The molecule has 13 heavy (non-hydrogen) atoms. The molecule has 2 saturated carbocycles. The van der Waals surface area contributed by atoms with Crippen LogP contribution in [0.2, 0.25) is 0 Å². The van der Waals surface area contributed by atoms with E-state index in [4.69, 9.17) is 5.11 Å². The number of hydrogen-bond acceptors (Lipinski definition) is 2. The molecule has 0 aromatic rings. The van der Waals surface area contributed by atoms with Gasteiger partial charge in [0.15, 0.2) is 0 Å². The second-order valence-corrected chi connectivity index (χ2v) is 5.12. The summed E-state index contributed by atoms with van der Waals surface area (Å²) in [5, 5.41) is 19.1. The van der Waals surface area contributed by atoms with Gasteiger partial charge in [-0.15, -0.1) is 0 Å². The van der Waals surface area contributed by atoms with E-state index in [1.807, 2.05) is 13.8 Å². The van der Waals surface area contributed by atoms with Crippen molar-refractivity contribution in [3.63, 3.8) is 0 Å². The Bertz CT molecular complexity index is 259. The van der Waals surface area contributed by atoms with Gasteiger partial charge in [0.2, 0.25) is 0 Å². The van der Waals surface area contributed by atoms with Crippen LogP contribution < -0.4 is 0 Å². The van der Waals surface area contributed by atoms with Gasteiger partial charge in [-0.25, -0.2) is 0 Å². The number of carboxylic acid groups (broad SMARTS) is 1. The molecule has 0 amide bonds. The van der Waals surface area contributed by atoms with Crippen LogP contribution in [0.3, 0.4) is 0 Å². The van der Waals surface area contributed by atoms with Crippen LogP contribution in [0.5, 0.6) is 0 Å². The fourth-order valence-corrected chi connectivity index (χ4v) is 3.21. The molecule has 0 radical (unpaired) electrons. The highest BCUT2D eigenvalue weighted by molar-refractivity contribution is 5.77. The summed E-state index contributed by atoms with van der Waals surface area (Å²) in [7, 11) is 0. The fraction of sp³-hybridized carbons (Fsp3) is 0.900. The van der Waals surface area contributed by atoms with Gasteiger partial charge in [0.05, 0.1) is 11.5 Å². The van der Waals surface area contributed by atoms with Crippen molar-refractivity contribution in [2.24, 2.45) is 16.7 Å². The second-order valence-electron chi connectivity index (χ2n) is 5.12. The van der Waals surface area contributed by atoms with E-state index >= 15 is 0 Å². The van der Waals surface area contributed by atoms with Gasteiger partial charge in [0.25, 0.3) is 0 Å². The molecular formula is C10H16O3. The predicted molar refractivity (Wildman–Crippen MR) is 47.2 cm³/mol. The van der Waals surface area contributed by atoms with Gasteiger partial charge >= 0.3 is 5.97 Å². The van der Waals surface area contributed by atoms with Crippen LogP contribution in [-0.4, -0.2) is 22.3 Å². The number of fused-ring (bicyclic) bond motifs is 2. The van der Waals surface area contributed by atoms with Crippen LogP contribution in [0.1, 0.15) is 33.1 Å². The van der Waals surface area contributed by atoms with Gasteiger partial charge in [-0.3, -0.25) is 4.79 Å². The summed E-state index contributed by atoms with van der Waals surface area (Å²) >= 11 is 0. The molecule has 3 heteroatoms. The maximum absolute atomic E-state index is 11.1. The van der Waals surface area contributed by atoms with E-state index in [1.54, 1.807) is 0 Å². The molecule has 0 heterocycles. The number of aliphatic hydroxyl groups is 1. The third-order valence-electron chi connectivity index (χ3n) is 4.26. The third kappa shape index (κ3) is 0.857. The first-order valence-corrected chi connectivity index (χ1v) is 4.83. The molecule has 2 aliphatic carbocycles. The molecule has 0 aromatic heterocycles. The smallest absolute Gasteiger partial charge is 0.312 e. The topological polar surface area (TPSA) is 57.5 Å². The van der Waals surface area contributed by atoms with Crippen LogP contribution in [0.25, 0.3) is 0 Å². The Kier molecular flexibility index (Phi) is 1.57. The molecule has 2 rings (SSSR count). The van der Waals surface area contributed by atoms with Gasteiger partial charge in [-0.2, -0.15) is 0 Å². The van der Waals surface area contributed by atoms with Gasteiger partial charge < -0.3 is 10.2 Å². The first-order chi connectivity index (χ1) is 5.91. The molecule has 74 valence electrons. The van der Waals surface area contributed by atoms with Crippen LogP contribution in [-0.2, 0) is 4.79 Å². The standard InChI is InChI=1S/C10H16O3/c1-9(2)6-3-4-10(5-6,7(9)11)8(12)13/h6-7,11H,3-5H2,1-2H3,(H,12,13)/t6-,7+,10-/m0/s1. The molecule has 3 nitrogen and oxygen atoms in total. The summed E-state index contributed by atoms with van der Waals surface area (Å²) in [6.45, 7) is 3.96. The Hall–Kier alpha value is -0.570. The van der Waals surface area contributed by atoms with Crippen molar-refractivity contribution < 1.29 is 15.0 Å². The largest absolute Gasteiger partial charge is 0.481 e. The van der Waals surface area contributed by atoms with Gasteiger partial charge in [0, 0.05) is 0 Å². The second kappa shape index (κ2) is 2.27. The van der Waals surface area contributed by atoms with Crippen LogP contribution >= 0.6 is 0 Å². The zero-order chi connectivity index (χ0) is 9.85. The summed E-state index contributed by atoms with van der Waals surface area (Å²) in [5.74, 6) is -0.424. The summed E-state index contributed by atoms with van der Waals surface area (Å²) in [4.78, 5) is 11.1. The van der Waals surface area contributed by atoms with Crippen LogP contribution in [0.15, 0.2) is 0 Å². The lowest BCUT2D eigenvalue weighted by atomic mass is 9.69. The van der Waals surface area contributed by atoms with E-state index in [1.165, 1.54) is 0 Å². The van der Waals surface area contributed by atoms with E-state index in [9.17, 15) is 9.90 Å². The maximum Gasteiger partial charge on any atom is 0.312 e. The molecular weight excluding hydrogens is 168 g/mol. The van der Waals surface area contributed by atoms with Crippen molar-refractivity contribution >= 4 is 5.97 Å². The average Bonchev–Trinajstić information content (AvgIpc) is 2.53. The fourth-order valence-electron chi connectivity index (χ4n) is 3.21. The lowest BCUT2D eigenvalue weighted by Crippen LogP contribution is -2.45. The van der Waals surface area contributed by atoms with Crippen molar-refractivity contribution in [1.82, 2.24) is 0 Å². The Balaban J connectivity index is 2.40. The summed E-state index contributed by atoms with van der Waals surface area (Å²) in [6, 6.07) is 0. The van der Waals surface area contributed by atoms with E-state index in [-0.39, 0.29) is 5.41 Å². The van der Waals surface area contributed by atoms with Crippen molar-refractivity contribution in [3.05, 3.63) is 0 Å². The quantitative estimate of drug-likeness (QED) is 0.645. The number of aliphatic hydroxyl groups excluding tert-OH is 1. The summed E-state index contributed by atoms with van der Waals surface area (Å²) in [5.41, 5.74) is -1.04. The molecule has 0 aliphatic heterocycles. The lowest BCUT2D eigenvalue weighted by molar-refractivity contribution is -0.159. The highest BCUT2D eigenvalue weighted by Gasteiger charge is 2.65. The van der Waals surface area contributed by atoms with Crippen molar-refractivity contribution in [2.75, 3.05) is 0 Å². The lowest BCUT2D eigenvalue weighted by Gasteiger charge is -2.38. The first kappa shape index (κ1) is 9.00. The number of hydrogen-bond donors (Lipinski definition) is 2. The summed E-state index contributed by atoms with van der Waals surface area (Å²) < 4.78 is 0. The van der Waals surface area contributed by atoms with Crippen LogP contribution in [0, 0.1) is 16.7 Å². The SMILES string of the molecule is CC1(C)[C@H]2CC[C@](C(=O)O)(C2)[C@@H]1O. The maximum atomic E-state index is 11.1. The van der Waals surface area contributed by atoms with Crippen molar-refractivity contribution in [3.8, 4) is 0 Å². The normalized spacial score (nSPS) is 46.7. The molecule has 2 aliphatic rings. The van der Waals surface area contributed by atoms with E-state index in [0.717, 1.165) is 6.42 Å². The Morgan fingerprint density at radius 3 is 2.38 bits per heavy atom. The molecule has 0 saturated heterocycles. The van der Waals surface area contributed by atoms with Crippen molar-refractivity contribution in [1.29, 1.82) is 0 Å². The van der Waals surface area contributed by atoms with E-state index in [0.29, 0.717) is 18.8 Å². The molecule has 0 aromatic carbocycles. The Labute approximate surface area is 77.8 Å². The molecule has 2 fully saturated rings. The Morgan fingerprint density at radius 2 is 2.08 bits per heavy atom. The molecule has 0 spiro atoms. The minimum absolute atomic E-state index is 0.212.